The zero-order chi connectivity index (χ0) is 16.5. The number of phenolic OH excluding ortho intramolecular Hbond substituents is 1. The molecule has 2 N–H and O–H groups in total. The second kappa shape index (κ2) is 6.27. The van der Waals surface area contributed by atoms with Gasteiger partial charge in [-0.05, 0) is 61.7 Å². The standard InChI is InChI=1S/C13H9Br2NO5S/c14-10-5-8(6-11(15)12(10)17)16-22(20,21)9-3-1-2-7(4-9)13(18)19/h1-6,16-17H,(H,18,19)/p-1. The van der Waals surface area contributed by atoms with E-state index in [-0.39, 0.29) is 21.9 Å². The molecule has 2 aromatic carbocycles. The topological polar surface area (TPSA) is 107 Å². The molecule has 0 atom stereocenters. The summed E-state index contributed by atoms with van der Waals surface area (Å²) in [5, 5.41) is 20.4. The van der Waals surface area contributed by atoms with Crippen LogP contribution < -0.4 is 9.83 Å². The molecular formula is C13H8Br2NO5S-. The molecule has 0 heterocycles. The van der Waals surface area contributed by atoms with E-state index in [0.717, 1.165) is 6.07 Å². The Morgan fingerprint density at radius 2 is 1.73 bits per heavy atom. The summed E-state index contributed by atoms with van der Waals surface area (Å²) < 4.78 is 27.4. The normalized spacial score (nSPS) is 11.2. The Morgan fingerprint density at radius 1 is 1.14 bits per heavy atom. The van der Waals surface area contributed by atoms with Crippen LogP contribution in [0.4, 0.5) is 5.69 Å². The lowest BCUT2D eigenvalue weighted by atomic mass is 10.2. The summed E-state index contributed by atoms with van der Waals surface area (Å²) in [7, 11) is -3.98. The van der Waals surface area contributed by atoms with Crippen LogP contribution in [-0.2, 0) is 10.0 Å². The fraction of sp³-hybridized carbons (Fsp3) is 0. The monoisotopic (exact) mass is 448 g/mol. The third-order valence-corrected chi connectivity index (χ3v) is 5.24. The van der Waals surface area contributed by atoms with Gasteiger partial charge in [0.15, 0.2) is 0 Å². The number of phenols is 1. The van der Waals surface area contributed by atoms with E-state index in [1.54, 1.807) is 0 Å². The Labute approximate surface area is 143 Å². The molecule has 0 saturated carbocycles. The largest absolute Gasteiger partial charge is 0.545 e. The number of sulfonamides is 1. The van der Waals surface area contributed by atoms with Gasteiger partial charge in [-0.1, -0.05) is 12.1 Å². The number of carboxylic acid groups (broad SMARTS) is 1. The summed E-state index contributed by atoms with van der Waals surface area (Å²) in [4.78, 5) is 10.6. The third kappa shape index (κ3) is 3.60. The molecular weight excluding hydrogens is 442 g/mol. The van der Waals surface area contributed by atoms with E-state index in [1.165, 1.54) is 30.3 Å². The van der Waals surface area contributed by atoms with Crippen LogP contribution in [0.5, 0.6) is 5.75 Å². The van der Waals surface area contributed by atoms with Crippen LogP contribution in [-0.4, -0.2) is 19.5 Å². The minimum absolute atomic E-state index is 0.0677. The molecule has 0 unspecified atom stereocenters. The quantitative estimate of drug-likeness (QED) is 0.695. The van der Waals surface area contributed by atoms with Gasteiger partial charge in [0.25, 0.3) is 10.0 Å². The van der Waals surface area contributed by atoms with Gasteiger partial charge in [-0.15, -0.1) is 0 Å². The minimum Gasteiger partial charge on any atom is -0.545 e. The van der Waals surface area contributed by atoms with Crippen molar-refractivity contribution in [1.82, 2.24) is 0 Å². The molecule has 0 fully saturated rings. The van der Waals surface area contributed by atoms with E-state index in [2.05, 4.69) is 36.6 Å². The van der Waals surface area contributed by atoms with Crippen LogP contribution in [0.2, 0.25) is 0 Å². The maximum absolute atomic E-state index is 12.3. The molecule has 22 heavy (non-hydrogen) atoms. The second-order valence-corrected chi connectivity index (χ2v) is 7.60. The molecule has 6 nitrogen and oxygen atoms in total. The highest BCUT2D eigenvalue weighted by Gasteiger charge is 2.16. The van der Waals surface area contributed by atoms with Crippen molar-refractivity contribution in [2.75, 3.05) is 4.72 Å². The molecule has 0 aliphatic carbocycles. The first-order chi connectivity index (χ1) is 10.2. The Balaban J connectivity index is 2.40. The van der Waals surface area contributed by atoms with Gasteiger partial charge in [0.1, 0.15) is 5.75 Å². The molecule has 0 aliphatic heterocycles. The summed E-state index contributed by atoms with van der Waals surface area (Å²) in [5.41, 5.74) is -0.0497. The highest BCUT2D eigenvalue weighted by atomic mass is 79.9. The van der Waals surface area contributed by atoms with Gasteiger partial charge in [0.05, 0.1) is 25.5 Å². The van der Waals surface area contributed by atoms with Gasteiger partial charge in [-0.25, -0.2) is 8.42 Å². The van der Waals surface area contributed by atoms with Crippen LogP contribution in [0.25, 0.3) is 0 Å². The number of carboxylic acids is 1. The van der Waals surface area contributed by atoms with Gasteiger partial charge < -0.3 is 15.0 Å². The first kappa shape index (κ1) is 16.8. The van der Waals surface area contributed by atoms with Crippen LogP contribution in [0, 0.1) is 0 Å². The predicted molar refractivity (Wildman–Crippen MR) is 85.1 cm³/mol. The smallest absolute Gasteiger partial charge is 0.261 e. The summed E-state index contributed by atoms with van der Waals surface area (Å²) in [6.45, 7) is 0. The van der Waals surface area contributed by atoms with E-state index < -0.39 is 16.0 Å². The Morgan fingerprint density at radius 3 is 2.27 bits per heavy atom. The van der Waals surface area contributed by atoms with Crippen molar-refractivity contribution in [2.24, 2.45) is 0 Å². The number of hydrogen-bond acceptors (Lipinski definition) is 5. The fourth-order valence-corrected chi connectivity index (χ4v) is 3.90. The van der Waals surface area contributed by atoms with Gasteiger partial charge in [-0.3, -0.25) is 4.72 Å². The van der Waals surface area contributed by atoms with Crippen molar-refractivity contribution < 1.29 is 23.4 Å². The Kier molecular flexibility index (Phi) is 4.78. The minimum atomic E-state index is -3.98. The average Bonchev–Trinajstić information content (AvgIpc) is 2.44. The zero-order valence-corrected chi connectivity index (χ0v) is 14.7. The highest BCUT2D eigenvalue weighted by molar-refractivity contribution is 9.11. The van der Waals surface area contributed by atoms with Gasteiger partial charge in [-0.2, -0.15) is 0 Å². The first-order valence-electron chi connectivity index (χ1n) is 5.73. The number of nitrogens with one attached hydrogen (secondary N) is 1. The molecule has 9 heteroatoms. The number of benzene rings is 2. The van der Waals surface area contributed by atoms with E-state index in [1.807, 2.05) is 0 Å². The SMILES string of the molecule is O=C([O-])c1cccc(S(=O)(=O)Nc2cc(Br)c(O)c(Br)c2)c1. The molecule has 0 bridgehead atoms. The van der Waals surface area contributed by atoms with Crippen molar-refractivity contribution in [3.05, 3.63) is 50.9 Å². The van der Waals surface area contributed by atoms with Crippen molar-refractivity contribution in [3.8, 4) is 5.75 Å². The number of hydrogen-bond donors (Lipinski definition) is 2. The lowest BCUT2D eigenvalue weighted by Gasteiger charge is -2.11. The molecule has 0 radical (unpaired) electrons. The molecule has 0 amide bonds. The Hall–Kier alpha value is -1.58. The molecule has 0 saturated heterocycles. The fourth-order valence-electron chi connectivity index (χ4n) is 1.63. The lowest BCUT2D eigenvalue weighted by molar-refractivity contribution is -0.255. The van der Waals surface area contributed by atoms with Crippen LogP contribution in [0.1, 0.15) is 10.4 Å². The summed E-state index contributed by atoms with van der Waals surface area (Å²) in [6, 6.07) is 7.56. The van der Waals surface area contributed by atoms with Crippen LogP contribution >= 0.6 is 31.9 Å². The molecule has 2 rings (SSSR count). The maximum Gasteiger partial charge on any atom is 0.261 e. The predicted octanol–water partition coefficient (Wildman–Crippen LogP) is 2.08. The highest BCUT2D eigenvalue weighted by Crippen LogP contribution is 2.35. The number of carbonyl (C=O) groups excluding carboxylic acids is 1. The molecule has 116 valence electrons. The van der Waals surface area contributed by atoms with E-state index in [0.29, 0.717) is 8.95 Å². The Bertz CT molecular complexity index is 828. The van der Waals surface area contributed by atoms with E-state index >= 15 is 0 Å². The molecule has 0 aliphatic rings. The van der Waals surface area contributed by atoms with Crippen molar-refractivity contribution >= 4 is 53.5 Å². The number of rotatable bonds is 4. The lowest BCUT2D eigenvalue weighted by Crippen LogP contribution is -2.23. The van der Waals surface area contributed by atoms with Crippen molar-refractivity contribution in [1.29, 1.82) is 0 Å². The zero-order valence-electron chi connectivity index (χ0n) is 10.7. The van der Waals surface area contributed by atoms with Crippen molar-refractivity contribution in [2.45, 2.75) is 4.90 Å². The van der Waals surface area contributed by atoms with Crippen LogP contribution in [0.15, 0.2) is 50.2 Å². The summed E-state index contributed by atoms with van der Waals surface area (Å²) in [5.74, 6) is -1.53. The average molecular weight is 450 g/mol. The molecule has 0 spiro atoms. The first-order valence-corrected chi connectivity index (χ1v) is 8.80. The third-order valence-electron chi connectivity index (χ3n) is 2.65. The molecule has 2 aromatic rings. The maximum atomic E-state index is 12.3. The van der Waals surface area contributed by atoms with Gasteiger partial charge in [0.2, 0.25) is 0 Å². The van der Waals surface area contributed by atoms with E-state index in [9.17, 15) is 23.4 Å². The van der Waals surface area contributed by atoms with Gasteiger partial charge >= 0.3 is 0 Å². The summed E-state index contributed by atoms with van der Waals surface area (Å²) >= 11 is 6.18. The summed E-state index contributed by atoms with van der Waals surface area (Å²) in [6.07, 6.45) is 0. The number of aromatic hydroxyl groups is 1. The second-order valence-electron chi connectivity index (χ2n) is 4.21. The number of carbonyl (C=O) groups is 1. The number of anilines is 1. The molecule has 0 aromatic heterocycles. The van der Waals surface area contributed by atoms with Gasteiger partial charge in [0, 0.05) is 0 Å². The number of aromatic carboxylic acids is 1. The number of halogens is 2. The van der Waals surface area contributed by atoms with Crippen LogP contribution in [0.3, 0.4) is 0 Å². The van der Waals surface area contributed by atoms with Crippen molar-refractivity contribution in [3.63, 3.8) is 0 Å². The van der Waals surface area contributed by atoms with E-state index in [4.69, 9.17) is 0 Å².